The number of nitrogens with one attached hydrogen (secondary N) is 1. The number of nitriles is 1. The molecule has 4 heteroatoms. The molecule has 0 spiro atoms. The molecule has 90 valence electrons. The zero-order chi connectivity index (χ0) is 12.1. The average Bonchev–Trinajstić information content (AvgIpc) is 2.84. The number of rotatable bonds is 4. The first-order valence-corrected chi connectivity index (χ1v) is 7.22. The van der Waals surface area contributed by atoms with Crippen LogP contribution in [0.2, 0.25) is 0 Å². The zero-order valence-corrected chi connectivity index (χ0v) is 10.8. The van der Waals surface area contributed by atoms with Crippen molar-refractivity contribution < 1.29 is 0 Å². The van der Waals surface area contributed by atoms with Crippen LogP contribution < -0.4 is 5.32 Å². The Balaban J connectivity index is 1.88. The van der Waals surface area contributed by atoms with E-state index in [2.05, 4.69) is 22.6 Å². The summed E-state index contributed by atoms with van der Waals surface area (Å²) < 4.78 is 0. The van der Waals surface area contributed by atoms with Gasteiger partial charge in [0.15, 0.2) is 0 Å². The monoisotopic (exact) mass is 247 g/mol. The van der Waals surface area contributed by atoms with Crippen molar-refractivity contribution in [2.45, 2.75) is 37.1 Å². The van der Waals surface area contributed by atoms with Crippen LogP contribution in [0.4, 0.5) is 0 Å². The van der Waals surface area contributed by atoms with Crippen molar-refractivity contribution in [2.24, 2.45) is 0 Å². The molecule has 2 rings (SSSR count). The van der Waals surface area contributed by atoms with Gasteiger partial charge < -0.3 is 5.32 Å². The van der Waals surface area contributed by atoms with Gasteiger partial charge in [-0.1, -0.05) is 6.07 Å². The van der Waals surface area contributed by atoms with E-state index in [1.54, 1.807) is 6.20 Å². The molecule has 0 aromatic carbocycles. The van der Waals surface area contributed by atoms with Gasteiger partial charge in [-0.3, -0.25) is 0 Å². The Morgan fingerprint density at radius 1 is 1.59 bits per heavy atom. The first-order valence-electron chi connectivity index (χ1n) is 5.93. The minimum atomic E-state index is 0.541. The van der Waals surface area contributed by atoms with Crippen molar-refractivity contribution in [3.8, 4) is 6.07 Å². The molecular weight excluding hydrogens is 230 g/mol. The van der Waals surface area contributed by atoms with Crippen molar-refractivity contribution in [1.82, 2.24) is 10.3 Å². The molecule has 0 aliphatic heterocycles. The SMILES string of the molecule is CSC1CCC(NCc2cccnc2C#N)C1. The molecule has 1 aromatic rings. The Morgan fingerprint density at radius 3 is 3.18 bits per heavy atom. The molecule has 1 fully saturated rings. The number of thioether (sulfide) groups is 1. The fourth-order valence-corrected chi connectivity index (χ4v) is 3.07. The molecule has 1 aromatic heterocycles. The molecule has 0 bridgehead atoms. The second-order valence-electron chi connectivity index (χ2n) is 4.37. The minimum Gasteiger partial charge on any atom is -0.310 e. The normalized spacial score (nSPS) is 23.5. The molecule has 3 nitrogen and oxygen atoms in total. The summed E-state index contributed by atoms with van der Waals surface area (Å²) in [7, 11) is 0. The van der Waals surface area contributed by atoms with Gasteiger partial charge in [0.1, 0.15) is 11.8 Å². The molecular formula is C13H17N3S. The summed E-state index contributed by atoms with van der Waals surface area (Å²) in [5.41, 5.74) is 1.54. The second-order valence-corrected chi connectivity index (χ2v) is 5.51. The maximum absolute atomic E-state index is 8.95. The van der Waals surface area contributed by atoms with Gasteiger partial charge in [0.25, 0.3) is 0 Å². The Kier molecular flexibility index (Phi) is 4.41. The highest BCUT2D eigenvalue weighted by Gasteiger charge is 2.23. The fraction of sp³-hybridized carbons (Fsp3) is 0.538. The van der Waals surface area contributed by atoms with Crippen LogP contribution in [0.5, 0.6) is 0 Å². The van der Waals surface area contributed by atoms with Gasteiger partial charge in [0.2, 0.25) is 0 Å². The third-order valence-corrected chi connectivity index (χ3v) is 4.39. The van der Waals surface area contributed by atoms with E-state index in [0.717, 1.165) is 17.4 Å². The van der Waals surface area contributed by atoms with Crippen molar-refractivity contribution >= 4 is 11.8 Å². The van der Waals surface area contributed by atoms with Gasteiger partial charge in [-0.2, -0.15) is 17.0 Å². The smallest absolute Gasteiger partial charge is 0.144 e. The molecule has 2 atom stereocenters. The van der Waals surface area contributed by atoms with Crippen molar-refractivity contribution in [3.63, 3.8) is 0 Å². The number of hydrogen-bond acceptors (Lipinski definition) is 4. The van der Waals surface area contributed by atoms with Crippen LogP contribution >= 0.6 is 11.8 Å². The van der Waals surface area contributed by atoms with Crippen molar-refractivity contribution in [3.05, 3.63) is 29.6 Å². The van der Waals surface area contributed by atoms with Gasteiger partial charge >= 0.3 is 0 Å². The van der Waals surface area contributed by atoms with Crippen LogP contribution in [0, 0.1) is 11.3 Å². The van der Waals surface area contributed by atoms with Gasteiger partial charge in [-0.05, 0) is 31.6 Å². The van der Waals surface area contributed by atoms with Gasteiger partial charge in [-0.15, -0.1) is 0 Å². The van der Waals surface area contributed by atoms with E-state index in [-0.39, 0.29) is 0 Å². The summed E-state index contributed by atoms with van der Waals surface area (Å²) in [5.74, 6) is 0. The summed E-state index contributed by atoms with van der Waals surface area (Å²) >= 11 is 1.96. The van der Waals surface area contributed by atoms with E-state index in [4.69, 9.17) is 5.26 Å². The van der Waals surface area contributed by atoms with Crippen LogP contribution in [0.3, 0.4) is 0 Å². The Labute approximate surface area is 107 Å². The van der Waals surface area contributed by atoms with Crippen LogP contribution in [0.1, 0.15) is 30.5 Å². The van der Waals surface area contributed by atoms with Crippen molar-refractivity contribution in [1.29, 1.82) is 5.26 Å². The van der Waals surface area contributed by atoms with Crippen LogP contribution in [-0.4, -0.2) is 22.5 Å². The van der Waals surface area contributed by atoms with E-state index in [0.29, 0.717) is 11.7 Å². The fourth-order valence-electron chi connectivity index (χ4n) is 2.28. The van der Waals surface area contributed by atoms with E-state index in [1.807, 2.05) is 23.9 Å². The molecule has 1 saturated carbocycles. The molecule has 1 heterocycles. The first kappa shape index (κ1) is 12.4. The highest BCUT2D eigenvalue weighted by Crippen LogP contribution is 2.28. The van der Waals surface area contributed by atoms with E-state index in [9.17, 15) is 0 Å². The van der Waals surface area contributed by atoms with Gasteiger partial charge in [0.05, 0.1) is 0 Å². The molecule has 1 aliphatic carbocycles. The molecule has 0 radical (unpaired) electrons. The summed E-state index contributed by atoms with van der Waals surface area (Å²) in [4.78, 5) is 4.07. The van der Waals surface area contributed by atoms with Crippen molar-refractivity contribution in [2.75, 3.05) is 6.26 Å². The highest BCUT2D eigenvalue weighted by atomic mass is 32.2. The molecule has 1 aliphatic rings. The number of nitrogens with zero attached hydrogens (tertiary/aromatic N) is 2. The van der Waals surface area contributed by atoms with Crippen LogP contribution in [0.15, 0.2) is 18.3 Å². The lowest BCUT2D eigenvalue weighted by molar-refractivity contribution is 0.524. The molecule has 17 heavy (non-hydrogen) atoms. The van der Waals surface area contributed by atoms with Crippen LogP contribution in [0.25, 0.3) is 0 Å². The summed E-state index contributed by atoms with van der Waals surface area (Å²) in [6.45, 7) is 0.752. The van der Waals surface area contributed by atoms with E-state index < -0.39 is 0 Å². The molecule has 1 N–H and O–H groups in total. The highest BCUT2D eigenvalue weighted by molar-refractivity contribution is 7.99. The van der Waals surface area contributed by atoms with Gasteiger partial charge in [-0.25, -0.2) is 4.98 Å². The van der Waals surface area contributed by atoms with E-state index in [1.165, 1.54) is 19.3 Å². The summed E-state index contributed by atoms with van der Waals surface area (Å²) in [6, 6.07) is 6.59. The lowest BCUT2D eigenvalue weighted by atomic mass is 10.2. The first-order chi connectivity index (χ1) is 8.33. The number of hydrogen-bond donors (Lipinski definition) is 1. The zero-order valence-electron chi connectivity index (χ0n) is 10.0. The predicted octanol–water partition coefficient (Wildman–Crippen LogP) is 2.33. The topological polar surface area (TPSA) is 48.7 Å². The largest absolute Gasteiger partial charge is 0.310 e. The lowest BCUT2D eigenvalue weighted by Gasteiger charge is -2.13. The Hall–Kier alpha value is -1.05. The lowest BCUT2D eigenvalue weighted by Crippen LogP contribution is -2.26. The molecule has 0 saturated heterocycles. The maximum atomic E-state index is 8.95. The van der Waals surface area contributed by atoms with Crippen LogP contribution in [-0.2, 0) is 6.54 Å². The molecule has 0 amide bonds. The maximum Gasteiger partial charge on any atom is 0.144 e. The standard InChI is InChI=1S/C13H17N3S/c1-17-12-5-4-11(7-12)16-9-10-3-2-6-15-13(10)8-14/h2-3,6,11-12,16H,4-5,7,9H2,1H3. The minimum absolute atomic E-state index is 0.541. The summed E-state index contributed by atoms with van der Waals surface area (Å²) in [5, 5.41) is 13.3. The Bertz CT molecular complexity index is 413. The third-order valence-electron chi connectivity index (χ3n) is 3.30. The predicted molar refractivity (Wildman–Crippen MR) is 70.7 cm³/mol. The quantitative estimate of drug-likeness (QED) is 0.887. The summed E-state index contributed by atoms with van der Waals surface area (Å²) in [6.07, 6.45) is 7.64. The number of pyridine rings is 1. The second kappa shape index (κ2) is 6.04. The number of aromatic nitrogens is 1. The average molecular weight is 247 g/mol. The van der Waals surface area contributed by atoms with Gasteiger partial charge in [0, 0.05) is 29.6 Å². The molecule has 2 unspecified atom stereocenters. The third kappa shape index (κ3) is 3.21. The Morgan fingerprint density at radius 2 is 2.47 bits per heavy atom. The van der Waals surface area contributed by atoms with E-state index >= 15 is 0 Å².